The van der Waals surface area contributed by atoms with Crippen molar-refractivity contribution in [2.75, 3.05) is 13.1 Å². The number of aliphatic hydroxyl groups is 1. The molecule has 1 aliphatic heterocycles. The van der Waals surface area contributed by atoms with E-state index in [1.807, 2.05) is 0 Å². The number of carboxylic acids is 1. The number of hydrogen-bond acceptors (Lipinski definition) is 3. The van der Waals surface area contributed by atoms with Crippen molar-refractivity contribution in [3.63, 3.8) is 0 Å². The van der Waals surface area contributed by atoms with Crippen molar-refractivity contribution in [3.05, 3.63) is 12.2 Å². The highest BCUT2D eigenvalue weighted by Crippen LogP contribution is 1.99. The van der Waals surface area contributed by atoms with Gasteiger partial charge in [0.2, 0.25) is 0 Å². The van der Waals surface area contributed by atoms with E-state index < -0.39 is 5.97 Å². The molecule has 0 aliphatic carbocycles. The molecule has 0 aromatic carbocycles. The lowest BCUT2D eigenvalue weighted by Gasteiger charge is -2.16. The van der Waals surface area contributed by atoms with Crippen molar-refractivity contribution in [1.29, 1.82) is 0 Å². The van der Waals surface area contributed by atoms with Crippen LogP contribution < -0.4 is 5.32 Å². The van der Waals surface area contributed by atoms with Gasteiger partial charge >= 0.3 is 5.97 Å². The molecule has 1 rings (SSSR count). The summed E-state index contributed by atoms with van der Waals surface area (Å²) < 4.78 is 0. The first kappa shape index (κ1) is 12.1. The van der Waals surface area contributed by atoms with Crippen LogP contribution in [0, 0.1) is 0 Å². The van der Waals surface area contributed by atoms with Crippen molar-refractivity contribution in [2.24, 2.45) is 0 Å². The van der Waals surface area contributed by atoms with E-state index in [2.05, 4.69) is 11.9 Å². The summed E-state index contributed by atoms with van der Waals surface area (Å²) in [6.07, 6.45) is 1.83. The maximum absolute atomic E-state index is 9.60. The molecule has 0 spiro atoms. The third-order valence-electron chi connectivity index (χ3n) is 1.67. The van der Waals surface area contributed by atoms with Crippen LogP contribution in [0.5, 0.6) is 0 Å². The van der Waals surface area contributed by atoms with Crippen molar-refractivity contribution in [3.8, 4) is 0 Å². The number of aliphatic hydroxyl groups excluding tert-OH is 1. The van der Waals surface area contributed by atoms with Gasteiger partial charge in [0.1, 0.15) is 0 Å². The Bertz CT molecular complexity index is 162. The normalized spacial score (nSPS) is 17.1. The van der Waals surface area contributed by atoms with Crippen LogP contribution in [0.4, 0.5) is 0 Å². The van der Waals surface area contributed by atoms with Crippen LogP contribution in [-0.2, 0) is 4.79 Å². The molecule has 1 saturated heterocycles. The Labute approximate surface area is 78.3 Å². The highest BCUT2D eigenvalue weighted by molar-refractivity contribution is 5.84. The predicted molar refractivity (Wildman–Crippen MR) is 50.6 cm³/mol. The Balaban J connectivity index is 0.000000226. The van der Waals surface area contributed by atoms with Gasteiger partial charge in [-0.1, -0.05) is 6.58 Å². The van der Waals surface area contributed by atoms with E-state index in [4.69, 9.17) is 10.2 Å². The van der Waals surface area contributed by atoms with Crippen molar-refractivity contribution < 1.29 is 15.0 Å². The second-order valence-corrected chi connectivity index (χ2v) is 3.07. The van der Waals surface area contributed by atoms with Crippen LogP contribution in [0.3, 0.4) is 0 Å². The Morgan fingerprint density at radius 2 is 1.85 bits per heavy atom. The van der Waals surface area contributed by atoms with Crippen LogP contribution >= 0.6 is 0 Å². The van der Waals surface area contributed by atoms with E-state index in [1.165, 1.54) is 6.92 Å². The van der Waals surface area contributed by atoms with Crippen molar-refractivity contribution in [1.82, 2.24) is 5.32 Å². The third kappa shape index (κ3) is 7.49. The summed E-state index contributed by atoms with van der Waals surface area (Å²) in [5, 5.41) is 19.9. The fourth-order valence-corrected chi connectivity index (χ4v) is 0.807. The first-order chi connectivity index (χ1) is 6.04. The predicted octanol–water partition coefficient (Wildman–Crippen LogP) is 0.378. The van der Waals surface area contributed by atoms with Gasteiger partial charge < -0.3 is 15.5 Å². The second kappa shape index (κ2) is 6.62. The van der Waals surface area contributed by atoms with E-state index in [1.54, 1.807) is 0 Å². The molecule has 0 bridgehead atoms. The van der Waals surface area contributed by atoms with E-state index >= 15 is 0 Å². The lowest BCUT2D eigenvalue weighted by molar-refractivity contribution is -0.132. The third-order valence-corrected chi connectivity index (χ3v) is 1.67. The standard InChI is InChI=1S/C5H11NO.C4H6O2/c7-5-1-3-6-4-2-5;1-3(2)4(5)6/h5-7H,1-4H2;1H2,2H3,(H,5,6). The Morgan fingerprint density at radius 3 is 2.00 bits per heavy atom. The molecule has 0 aromatic heterocycles. The fourth-order valence-electron chi connectivity index (χ4n) is 0.807. The monoisotopic (exact) mass is 187 g/mol. The minimum Gasteiger partial charge on any atom is -0.478 e. The molecule has 0 saturated carbocycles. The van der Waals surface area contributed by atoms with Gasteiger partial charge in [0, 0.05) is 5.57 Å². The molecule has 0 amide bonds. The van der Waals surface area contributed by atoms with Crippen LogP contribution in [0.15, 0.2) is 12.2 Å². The summed E-state index contributed by atoms with van der Waals surface area (Å²) in [6.45, 7) is 6.58. The van der Waals surface area contributed by atoms with Gasteiger partial charge in [-0.3, -0.25) is 0 Å². The number of piperidine rings is 1. The lowest BCUT2D eigenvalue weighted by atomic mass is 10.1. The minimum atomic E-state index is -0.935. The zero-order valence-corrected chi connectivity index (χ0v) is 7.92. The molecule has 4 nitrogen and oxygen atoms in total. The van der Waals surface area contributed by atoms with E-state index in [0.29, 0.717) is 0 Å². The zero-order valence-electron chi connectivity index (χ0n) is 7.92. The van der Waals surface area contributed by atoms with E-state index in [9.17, 15) is 4.79 Å². The van der Waals surface area contributed by atoms with E-state index in [-0.39, 0.29) is 11.7 Å². The summed E-state index contributed by atoms with van der Waals surface area (Å²) in [5.41, 5.74) is 0.176. The van der Waals surface area contributed by atoms with Gasteiger partial charge in [0.05, 0.1) is 6.10 Å². The molecule has 0 aromatic rings. The number of hydrogen-bond donors (Lipinski definition) is 3. The van der Waals surface area contributed by atoms with Gasteiger partial charge in [-0.05, 0) is 32.9 Å². The number of rotatable bonds is 1. The number of carboxylic acid groups (broad SMARTS) is 1. The summed E-state index contributed by atoms with van der Waals surface area (Å²) in [4.78, 5) is 9.60. The minimum absolute atomic E-state index is 0.0266. The fraction of sp³-hybridized carbons (Fsp3) is 0.667. The quantitative estimate of drug-likeness (QED) is 0.519. The van der Waals surface area contributed by atoms with Crippen LogP contribution in [-0.4, -0.2) is 35.4 Å². The topological polar surface area (TPSA) is 69.6 Å². The van der Waals surface area contributed by atoms with Crippen LogP contribution in [0.2, 0.25) is 0 Å². The Hall–Kier alpha value is -0.870. The first-order valence-electron chi connectivity index (χ1n) is 4.31. The summed E-state index contributed by atoms with van der Waals surface area (Å²) >= 11 is 0. The van der Waals surface area contributed by atoms with Crippen LogP contribution in [0.1, 0.15) is 19.8 Å². The van der Waals surface area contributed by atoms with Gasteiger partial charge in [0.25, 0.3) is 0 Å². The van der Waals surface area contributed by atoms with Crippen LogP contribution in [0.25, 0.3) is 0 Å². The molecule has 1 fully saturated rings. The molecule has 0 radical (unpaired) electrons. The molecule has 13 heavy (non-hydrogen) atoms. The number of nitrogens with one attached hydrogen (secondary N) is 1. The number of carbonyl (C=O) groups is 1. The lowest BCUT2D eigenvalue weighted by Crippen LogP contribution is -2.30. The summed E-state index contributed by atoms with van der Waals surface area (Å²) in [5.74, 6) is -0.935. The molecule has 1 aliphatic rings. The molecule has 3 N–H and O–H groups in total. The molecule has 0 atom stereocenters. The molecular formula is C9H17NO3. The molecule has 0 unspecified atom stereocenters. The largest absolute Gasteiger partial charge is 0.478 e. The molecule has 1 heterocycles. The summed E-state index contributed by atoms with van der Waals surface area (Å²) in [7, 11) is 0. The highest BCUT2D eigenvalue weighted by atomic mass is 16.4. The highest BCUT2D eigenvalue weighted by Gasteiger charge is 2.06. The zero-order chi connectivity index (χ0) is 10.3. The maximum atomic E-state index is 9.60. The van der Waals surface area contributed by atoms with Crippen molar-refractivity contribution >= 4 is 5.97 Å². The molecule has 4 heteroatoms. The Morgan fingerprint density at radius 1 is 1.46 bits per heavy atom. The first-order valence-corrected chi connectivity index (χ1v) is 4.31. The van der Waals surface area contributed by atoms with Gasteiger partial charge in [-0.15, -0.1) is 0 Å². The smallest absolute Gasteiger partial charge is 0.330 e. The Kier molecular flexibility index (Phi) is 6.18. The van der Waals surface area contributed by atoms with Gasteiger partial charge in [-0.2, -0.15) is 0 Å². The number of aliphatic carboxylic acids is 1. The SMILES string of the molecule is C=C(C)C(=O)O.OC1CCNCC1. The molecular weight excluding hydrogens is 170 g/mol. The van der Waals surface area contributed by atoms with Gasteiger partial charge in [0.15, 0.2) is 0 Å². The summed E-state index contributed by atoms with van der Waals surface area (Å²) in [6, 6.07) is 0. The molecule has 76 valence electrons. The second-order valence-electron chi connectivity index (χ2n) is 3.07. The average Bonchev–Trinajstić information content (AvgIpc) is 2.06. The van der Waals surface area contributed by atoms with Gasteiger partial charge in [-0.25, -0.2) is 4.79 Å². The average molecular weight is 187 g/mol. The van der Waals surface area contributed by atoms with E-state index in [0.717, 1.165) is 25.9 Å². The van der Waals surface area contributed by atoms with Crippen molar-refractivity contribution in [2.45, 2.75) is 25.9 Å². The maximum Gasteiger partial charge on any atom is 0.330 e.